The van der Waals surface area contributed by atoms with E-state index in [1.807, 2.05) is 12.1 Å². The second kappa shape index (κ2) is 13.1. The van der Waals surface area contributed by atoms with E-state index in [2.05, 4.69) is 40.7 Å². The molecule has 2 unspecified atom stereocenters. The van der Waals surface area contributed by atoms with Gasteiger partial charge in [-0.3, -0.25) is 0 Å². The molecule has 4 nitrogen and oxygen atoms in total. The van der Waals surface area contributed by atoms with Crippen molar-refractivity contribution in [2.24, 2.45) is 23.5 Å². The Morgan fingerprint density at radius 3 is 2.31 bits per heavy atom. The molecule has 29 heavy (non-hydrogen) atoms. The minimum atomic E-state index is -0.526. The number of rotatable bonds is 15. The van der Waals surface area contributed by atoms with Crippen LogP contribution in [0, 0.1) is 17.8 Å². The number of hydrogen-bond donors (Lipinski definition) is 2. The molecule has 0 aliphatic heterocycles. The fourth-order valence-electron chi connectivity index (χ4n) is 3.83. The lowest BCUT2D eigenvalue weighted by molar-refractivity contribution is 0.165. The number of benzene rings is 1. The van der Waals surface area contributed by atoms with Crippen LogP contribution in [0.1, 0.15) is 78.7 Å². The molecule has 0 bridgehead atoms. The number of hydrogen-bond acceptors (Lipinski definition) is 4. The van der Waals surface area contributed by atoms with Crippen LogP contribution in [0.5, 0.6) is 11.5 Å². The number of ether oxygens (including phenoxy) is 2. The van der Waals surface area contributed by atoms with Gasteiger partial charge in [0.25, 0.3) is 0 Å². The van der Waals surface area contributed by atoms with Crippen molar-refractivity contribution in [3.8, 4) is 11.5 Å². The Hall–Kier alpha value is -1.26. The van der Waals surface area contributed by atoms with Crippen LogP contribution >= 0.6 is 0 Å². The summed E-state index contributed by atoms with van der Waals surface area (Å²) in [5.41, 5.74) is 7.02. The molecule has 0 saturated heterocycles. The predicted molar refractivity (Wildman–Crippen MR) is 123 cm³/mol. The topological polar surface area (TPSA) is 64.7 Å². The molecule has 0 aliphatic carbocycles. The molecule has 0 spiro atoms. The number of aliphatic hydroxyl groups excluding tert-OH is 1. The van der Waals surface area contributed by atoms with Crippen molar-refractivity contribution in [3.05, 3.63) is 23.8 Å². The van der Waals surface area contributed by atoms with Crippen LogP contribution < -0.4 is 15.2 Å². The van der Waals surface area contributed by atoms with E-state index in [1.165, 1.54) is 19.3 Å². The van der Waals surface area contributed by atoms with Crippen LogP contribution in [0.2, 0.25) is 0 Å². The molecular formula is C25H45NO3. The molecule has 0 saturated carbocycles. The monoisotopic (exact) mass is 407 g/mol. The Kier molecular flexibility index (Phi) is 11.7. The summed E-state index contributed by atoms with van der Waals surface area (Å²) in [5, 5.41) is 9.71. The zero-order chi connectivity index (χ0) is 21.9. The van der Waals surface area contributed by atoms with Crippen molar-refractivity contribution in [3.63, 3.8) is 0 Å². The van der Waals surface area contributed by atoms with Gasteiger partial charge < -0.3 is 20.3 Å². The summed E-state index contributed by atoms with van der Waals surface area (Å²) in [6, 6.07) is 6.11. The predicted octanol–water partition coefficient (Wildman–Crippen LogP) is 5.60. The first kappa shape index (κ1) is 25.8. The van der Waals surface area contributed by atoms with E-state index < -0.39 is 5.54 Å². The number of nitrogens with two attached hydrogens (primary N) is 1. The molecule has 0 amide bonds. The third-order valence-electron chi connectivity index (χ3n) is 5.62. The minimum absolute atomic E-state index is 0.0128. The Balaban J connectivity index is 2.54. The quantitative estimate of drug-likeness (QED) is 0.397. The van der Waals surface area contributed by atoms with E-state index in [-0.39, 0.29) is 6.61 Å². The van der Waals surface area contributed by atoms with Gasteiger partial charge >= 0.3 is 0 Å². The first-order chi connectivity index (χ1) is 13.7. The smallest absolute Gasteiger partial charge is 0.161 e. The maximum absolute atomic E-state index is 9.71. The number of aliphatic hydroxyl groups is 1. The number of aryl methyl sites for hydroxylation is 1. The highest BCUT2D eigenvalue weighted by Crippen LogP contribution is 2.30. The van der Waals surface area contributed by atoms with Crippen molar-refractivity contribution in [2.45, 2.75) is 85.1 Å². The summed E-state index contributed by atoms with van der Waals surface area (Å²) in [4.78, 5) is 0. The summed E-state index contributed by atoms with van der Waals surface area (Å²) >= 11 is 0. The molecule has 168 valence electrons. The average Bonchev–Trinajstić information content (AvgIpc) is 2.66. The van der Waals surface area contributed by atoms with E-state index >= 15 is 0 Å². The first-order valence-electron chi connectivity index (χ1n) is 11.4. The fourth-order valence-corrected chi connectivity index (χ4v) is 3.83. The van der Waals surface area contributed by atoms with E-state index in [9.17, 15) is 5.11 Å². The van der Waals surface area contributed by atoms with Gasteiger partial charge in [-0.2, -0.15) is 0 Å². The standard InChI is InChI=1S/C25H45NO3/c1-19(2)8-7-9-21(5)13-15-29-23-11-10-22(16-24(23)28-6)12-14-25(26,18-27)17-20(3)4/h10-11,16,19-21,27H,7-9,12-15,17-18,26H2,1-6H3. The zero-order valence-corrected chi connectivity index (χ0v) is 19.7. The molecule has 1 aromatic rings. The zero-order valence-electron chi connectivity index (χ0n) is 19.7. The Morgan fingerprint density at radius 1 is 1.00 bits per heavy atom. The second-order valence-corrected chi connectivity index (χ2v) is 9.67. The Labute approximate surface area is 179 Å². The largest absolute Gasteiger partial charge is 0.493 e. The summed E-state index contributed by atoms with van der Waals surface area (Å²) in [5.74, 6) is 3.49. The van der Waals surface area contributed by atoms with E-state index in [1.54, 1.807) is 7.11 Å². The van der Waals surface area contributed by atoms with Crippen LogP contribution in [-0.4, -0.2) is 31.0 Å². The van der Waals surface area contributed by atoms with E-state index in [0.29, 0.717) is 18.4 Å². The van der Waals surface area contributed by atoms with Crippen molar-refractivity contribution < 1.29 is 14.6 Å². The van der Waals surface area contributed by atoms with Gasteiger partial charge in [-0.05, 0) is 61.1 Å². The third-order valence-corrected chi connectivity index (χ3v) is 5.62. The lowest BCUT2D eigenvalue weighted by Gasteiger charge is -2.29. The highest BCUT2D eigenvalue weighted by Gasteiger charge is 2.25. The van der Waals surface area contributed by atoms with E-state index in [0.717, 1.165) is 48.7 Å². The molecule has 0 heterocycles. The van der Waals surface area contributed by atoms with Gasteiger partial charge in [0.05, 0.1) is 20.3 Å². The summed E-state index contributed by atoms with van der Waals surface area (Å²) < 4.78 is 11.6. The molecule has 0 fully saturated rings. The molecular weight excluding hydrogens is 362 g/mol. The van der Waals surface area contributed by atoms with E-state index in [4.69, 9.17) is 15.2 Å². The van der Waals surface area contributed by atoms with Gasteiger partial charge in [0.2, 0.25) is 0 Å². The van der Waals surface area contributed by atoms with Crippen molar-refractivity contribution >= 4 is 0 Å². The lowest BCUT2D eigenvalue weighted by atomic mass is 9.85. The average molecular weight is 408 g/mol. The third kappa shape index (κ3) is 10.4. The van der Waals surface area contributed by atoms with Crippen molar-refractivity contribution in [1.82, 2.24) is 0 Å². The highest BCUT2D eigenvalue weighted by molar-refractivity contribution is 5.43. The molecule has 1 rings (SSSR count). The summed E-state index contributed by atoms with van der Waals surface area (Å²) in [7, 11) is 1.68. The van der Waals surface area contributed by atoms with Crippen LogP contribution in [-0.2, 0) is 6.42 Å². The van der Waals surface area contributed by atoms with Crippen LogP contribution in [0.25, 0.3) is 0 Å². The van der Waals surface area contributed by atoms with Crippen LogP contribution in [0.4, 0.5) is 0 Å². The Bertz CT molecular complexity index is 573. The van der Waals surface area contributed by atoms with Crippen LogP contribution in [0.3, 0.4) is 0 Å². The van der Waals surface area contributed by atoms with Gasteiger partial charge in [-0.1, -0.05) is 59.9 Å². The Morgan fingerprint density at radius 2 is 1.72 bits per heavy atom. The van der Waals surface area contributed by atoms with Gasteiger partial charge in [-0.25, -0.2) is 0 Å². The van der Waals surface area contributed by atoms with Crippen LogP contribution in [0.15, 0.2) is 18.2 Å². The summed E-state index contributed by atoms with van der Waals surface area (Å²) in [6.45, 7) is 11.9. The normalized spacial score (nSPS) is 14.8. The number of methoxy groups -OCH3 is 1. The summed E-state index contributed by atoms with van der Waals surface area (Å²) in [6.07, 6.45) is 7.30. The fraction of sp³-hybridized carbons (Fsp3) is 0.760. The van der Waals surface area contributed by atoms with Crippen molar-refractivity contribution in [2.75, 3.05) is 20.3 Å². The molecule has 0 aliphatic rings. The molecule has 4 heteroatoms. The maximum atomic E-state index is 9.71. The molecule has 2 atom stereocenters. The molecule has 0 aromatic heterocycles. The van der Waals surface area contributed by atoms with Crippen molar-refractivity contribution in [1.29, 1.82) is 0 Å². The second-order valence-electron chi connectivity index (χ2n) is 9.67. The molecule has 0 radical (unpaired) electrons. The SMILES string of the molecule is COc1cc(CCC(N)(CO)CC(C)C)ccc1OCCC(C)CCCC(C)C. The van der Waals surface area contributed by atoms with Gasteiger partial charge in [0, 0.05) is 5.54 Å². The van der Waals surface area contributed by atoms with Gasteiger partial charge in [0.1, 0.15) is 0 Å². The lowest BCUT2D eigenvalue weighted by Crippen LogP contribution is -2.45. The maximum Gasteiger partial charge on any atom is 0.161 e. The first-order valence-corrected chi connectivity index (χ1v) is 11.4. The van der Waals surface area contributed by atoms with Gasteiger partial charge in [0.15, 0.2) is 11.5 Å². The van der Waals surface area contributed by atoms with Gasteiger partial charge in [-0.15, -0.1) is 0 Å². The molecule has 1 aromatic carbocycles. The highest BCUT2D eigenvalue weighted by atomic mass is 16.5. The molecule has 3 N–H and O–H groups in total. The minimum Gasteiger partial charge on any atom is -0.493 e.